The fourth-order valence-electron chi connectivity index (χ4n) is 2.62. The van der Waals surface area contributed by atoms with Crippen LogP contribution in [-0.4, -0.2) is 29.3 Å². The number of nitrogens with zero attached hydrogens (tertiary/aromatic N) is 1. The topological polar surface area (TPSA) is 20.3 Å². The Hall–Kier alpha value is -1.06. The molecule has 1 amide bonds. The summed E-state index contributed by atoms with van der Waals surface area (Å²) in [5.41, 5.74) is 0.834. The number of hydrogen-bond donors (Lipinski definition) is 0. The highest BCUT2D eigenvalue weighted by Crippen LogP contribution is 2.29. The van der Waals surface area contributed by atoms with Gasteiger partial charge in [0.05, 0.1) is 5.56 Å². The Kier molecular flexibility index (Phi) is 3.50. The van der Waals surface area contributed by atoms with Crippen LogP contribution >= 0.6 is 22.9 Å². The molecule has 2 unspecified atom stereocenters. The molecular weight excluding hydrogens is 278 g/mol. The van der Waals surface area contributed by atoms with Gasteiger partial charge >= 0.3 is 0 Å². The van der Waals surface area contributed by atoms with Crippen LogP contribution in [0.1, 0.15) is 23.7 Å². The summed E-state index contributed by atoms with van der Waals surface area (Å²) in [6.45, 7) is 3.64. The Labute approximate surface area is 122 Å². The van der Waals surface area contributed by atoms with Gasteiger partial charge in [-0.3, -0.25) is 4.79 Å². The van der Waals surface area contributed by atoms with Crippen molar-refractivity contribution in [1.82, 2.24) is 4.90 Å². The number of amides is 1. The summed E-state index contributed by atoms with van der Waals surface area (Å²) in [7, 11) is 0. The maximum absolute atomic E-state index is 12.6. The van der Waals surface area contributed by atoms with Crippen LogP contribution in [0.15, 0.2) is 29.6 Å². The second-order valence-electron chi connectivity index (χ2n) is 5.18. The van der Waals surface area contributed by atoms with E-state index in [1.54, 1.807) is 11.3 Å². The molecule has 0 saturated carbocycles. The van der Waals surface area contributed by atoms with Crippen LogP contribution in [0.2, 0.25) is 0 Å². The summed E-state index contributed by atoms with van der Waals surface area (Å²) in [4.78, 5) is 14.6. The first-order valence-electron chi connectivity index (χ1n) is 6.56. The number of fused-ring (bicyclic) bond motifs is 1. The summed E-state index contributed by atoms with van der Waals surface area (Å²) >= 11 is 7.86. The summed E-state index contributed by atoms with van der Waals surface area (Å²) in [6.07, 6.45) is 0.885. The minimum absolute atomic E-state index is 0.146. The highest BCUT2D eigenvalue weighted by Gasteiger charge is 2.28. The lowest BCUT2D eigenvalue weighted by Crippen LogP contribution is -2.43. The minimum Gasteiger partial charge on any atom is -0.338 e. The zero-order valence-corrected chi connectivity index (χ0v) is 12.4. The van der Waals surface area contributed by atoms with Gasteiger partial charge in [-0.2, -0.15) is 0 Å². The second kappa shape index (κ2) is 5.14. The monoisotopic (exact) mass is 293 g/mol. The summed E-state index contributed by atoms with van der Waals surface area (Å²) in [5.74, 6) is 0.511. The number of hydrogen-bond acceptors (Lipinski definition) is 2. The van der Waals surface area contributed by atoms with Crippen molar-refractivity contribution < 1.29 is 4.79 Å². The minimum atomic E-state index is 0.146. The van der Waals surface area contributed by atoms with Crippen molar-refractivity contribution in [3.05, 3.63) is 35.2 Å². The van der Waals surface area contributed by atoms with E-state index in [0.717, 1.165) is 30.5 Å². The first-order valence-corrected chi connectivity index (χ1v) is 7.88. The molecule has 1 fully saturated rings. The maximum atomic E-state index is 12.6. The van der Waals surface area contributed by atoms with Crippen LogP contribution in [0.4, 0.5) is 0 Å². The number of benzene rings is 1. The molecule has 1 aliphatic heterocycles. The molecule has 2 aromatic rings. The van der Waals surface area contributed by atoms with E-state index in [1.807, 2.05) is 28.5 Å². The van der Waals surface area contributed by atoms with Crippen LogP contribution < -0.4 is 0 Å². The van der Waals surface area contributed by atoms with E-state index in [-0.39, 0.29) is 11.3 Å². The van der Waals surface area contributed by atoms with Gasteiger partial charge in [-0.25, -0.2) is 0 Å². The molecule has 100 valence electrons. The van der Waals surface area contributed by atoms with E-state index in [2.05, 4.69) is 13.0 Å². The van der Waals surface area contributed by atoms with E-state index >= 15 is 0 Å². The highest BCUT2D eigenvalue weighted by atomic mass is 35.5. The molecular formula is C15H16ClNOS. The van der Waals surface area contributed by atoms with Crippen molar-refractivity contribution in [1.29, 1.82) is 0 Å². The summed E-state index contributed by atoms with van der Waals surface area (Å²) < 4.78 is 1.17. The molecule has 4 heteroatoms. The van der Waals surface area contributed by atoms with Gasteiger partial charge in [0.1, 0.15) is 0 Å². The van der Waals surface area contributed by atoms with E-state index in [9.17, 15) is 4.79 Å². The average molecular weight is 294 g/mol. The number of likely N-dealkylation sites (tertiary alicyclic amines) is 1. The molecule has 1 saturated heterocycles. The zero-order chi connectivity index (χ0) is 13.4. The Morgan fingerprint density at radius 3 is 3.00 bits per heavy atom. The third-order valence-electron chi connectivity index (χ3n) is 3.80. The largest absolute Gasteiger partial charge is 0.338 e. The Balaban J connectivity index is 1.88. The van der Waals surface area contributed by atoms with E-state index in [4.69, 9.17) is 11.6 Å². The number of carbonyl (C=O) groups excluding carboxylic acids is 1. The molecule has 2 heterocycles. The molecule has 1 aromatic heterocycles. The van der Waals surface area contributed by atoms with Crippen molar-refractivity contribution >= 4 is 38.9 Å². The molecule has 1 aromatic carbocycles. The van der Waals surface area contributed by atoms with Gasteiger partial charge in [-0.15, -0.1) is 22.9 Å². The predicted octanol–water partition coefficient (Wildman–Crippen LogP) is 3.99. The molecule has 19 heavy (non-hydrogen) atoms. The number of carbonyl (C=O) groups is 1. The predicted molar refractivity (Wildman–Crippen MR) is 81.2 cm³/mol. The second-order valence-corrected chi connectivity index (χ2v) is 6.65. The Morgan fingerprint density at radius 2 is 2.21 bits per heavy atom. The molecule has 0 aliphatic carbocycles. The molecule has 2 atom stereocenters. The first-order chi connectivity index (χ1) is 9.16. The Bertz CT molecular complexity index is 609. The fraction of sp³-hybridized carbons (Fsp3) is 0.400. The van der Waals surface area contributed by atoms with Gasteiger partial charge in [0.25, 0.3) is 5.91 Å². The van der Waals surface area contributed by atoms with Crippen molar-refractivity contribution in [2.24, 2.45) is 5.92 Å². The van der Waals surface area contributed by atoms with Gasteiger partial charge in [-0.1, -0.05) is 25.1 Å². The SMILES string of the molecule is CC1CN(C(=O)c2csc3ccccc23)CCC1Cl. The number of alkyl halides is 1. The molecule has 1 aliphatic rings. The lowest BCUT2D eigenvalue weighted by atomic mass is 9.99. The summed E-state index contributed by atoms with van der Waals surface area (Å²) in [6, 6.07) is 8.08. The van der Waals surface area contributed by atoms with Gasteiger partial charge in [0, 0.05) is 33.9 Å². The van der Waals surface area contributed by atoms with Crippen molar-refractivity contribution in [2.75, 3.05) is 13.1 Å². The van der Waals surface area contributed by atoms with E-state index in [0.29, 0.717) is 5.92 Å². The molecule has 0 radical (unpaired) electrons. The molecule has 0 bridgehead atoms. The van der Waals surface area contributed by atoms with Gasteiger partial charge < -0.3 is 4.90 Å². The highest BCUT2D eigenvalue weighted by molar-refractivity contribution is 7.17. The van der Waals surface area contributed by atoms with Gasteiger partial charge in [0.15, 0.2) is 0 Å². The quantitative estimate of drug-likeness (QED) is 0.728. The standard InChI is InChI=1S/C15H16ClNOS/c1-10-8-17(7-6-13(10)16)15(18)12-9-19-14-5-3-2-4-11(12)14/h2-5,9-10,13H,6-8H2,1H3. The van der Waals surface area contributed by atoms with Crippen molar-refractivity contribution in [3.8, 4) is 0 Å². The summed E-state index contributed by atoms with van der Waals surface area (Å²) in [5, 5.41) is 3.24. The van der Waals surface area contributed by atoms with E-state index < -0.39 is 0 Å². The molecule has 2 nitrogen and oxygen atoms in total. The van der Waals surface area contributed by atoms with Crippen molar-refractivity contribution in [2.45, 2.75) is 18.7 Å². The number of halogens is 1. The lowest BCUT2D eigenvalue weighted by molar-refractivity contribution is 0.0689. The fourth-order valence-corrected chi connectivity index (χ4v) is 3.73. The van der Waals surface area contributed by atoms with Crippen LogP contribution in [0.5, 0.6) is 0 Å². The average Bonchev–Trinajstić information content (AvgIpc) is 2.85. The Morgan fingerprint density at radius 1 is 1.42 bits per heavy atom. The van der Waals surface area contributed by atoms with Crippen LogP contribution in [0, 0.1) is 5.92 Å². The molecule has 0 N–H and O–H groups in total. The first kappa shape index (κ1) is 12.9. The molecule has 0 spiro atoms. The van der Waals surface area contributed by atoms with Gasteiger partial charge in [0.2, 0.25) is 0 Å². The zero-order valence-electron chi connectivity index (χ0n) is 10.8. The third-order valence-corrected chi connectivity index (χ3v) is 5.41. The third kappa shape index (κ3) is 2.37. The van der Waals surface area contributed by atoms with Crippen LogP contribution in [0.25, 0.3) is 10.1 Å². The molecule has 3 rings (SSSR count). The van der Waals surface area contributed by atoms with Crippen LogP contribution in [-0.2, 0) is 0 Å². The van der Waals surface area contributed by atoms with Crippen LogP contribution in [0.3, 0.4) is 0 Å². The maximum Gasteiger partial charge on any atom is 0.255 e. The van der Waals surface area contributed by atoms with Crippen molar-refractivity contribution in [3.63, 3.8) is 0 Å². The smallest absolute Gasteiger partial charge is 0.255 e. The van der Waals surface area contributed by atoms with E-state index in [1.165, 1.54) is 4.70 Å². The lowest BCUT2D eigenvalue weighted by Gasteiger charge is -2.34. The number of piperidine rings is 1. The normalized spacial score (nSPS) is 23.8. The number of rotatable bonds is 1. The number of thiophene rings is 1. The van der Waals surface area contributed by atoms with Gasteiger partial charge in [-0.05, 0) is 18.4 Å².